The Labute approximate surface area is 108 Å². The van der Waals surface area contributed by atoms with Crippen LogP contribution in [0.25, 0.3) is 0 Å². The quantitative estimate of drug-likeness (QED) is 0.830. The van der Waals surface area contributed by atoms with Crippen molar-refractivity contribution in [3.8, 4) is 0 Å². The fraction of sp³-hybridized carbons (Fsp3) is 0.250. The number of hydrogen-bond donors (Lipinski definition) is 1. The van der Waals surface area contributed by atoms with Crippen LogP contribution in [0.1, 0.15) is 30.9 Å². The first-order valence-electron chi connectivity index (χ1n) is 6.23. The molecule has 1 N–H and O–H groups in total. The van der Waals surface area contributed by atoms with E-state index in [0.29, 0.717) is 12.5 Å². The first-order valence-corrected chi connectivity index (χ1v) is 6.23. The molecule has 0 bridgehead atoms. The molecule has 0 radical (unpaired) electrons. The van der Waals surface area contributed by atoms with Gasteiger partial charge in [0.25, 0.3) is 0 Å². The predicted molar refractivity (Wildman–Crippen MR) is 74.3 cm³/mol. The molecule has 94 valence electrons. The summed E-state index contributed by atoms with van der Waals surface area (Å²) >= 11 is 0. The summed E-state index contributed by atoms with van der Waals surface area (Å²) in [5, 5.41) is 3.32. The van der Waals surface area contributed by atoms with E-state index in [1.165, 1.54) is 17.7 Å². The third-order valence-corrected chi connectivity index (χ3v) is 2.99. The lowest BCUT2D eigenvalue weighted by Crippen LogP contribution is -1.99. The lowest BCUT2D eigenvalue weighted by atomic mass is 10.0. The van der Waals surface area contributed by atoms with Crippen molar-refractivity contribution >= 4 is 5.69 Å². The number of benzene rings is 2. The fourth-order valence-corrected chi connectivity index (χ4v) is 1.79. The van der Waals surface area contributed by atoms with Crippen LogP contribution in [0.5, 0.6) is 0 Å². The maximum Gasteiger partial charge on any atom is 0.123 e. The van der Waals surface area contributed by atoms with E-state index in [4.69, 9.17) is 0 Å². The number of rotatable bonds is 4. The van der Waals surface area contributed by atoms with Gasteiger partial charge >= 0.3 is 0 Å². The molecule has 0 saturated heterocycles. The van der Waals surface area contributed by atoms with E-state index in [-0.39, 0.29) is 5.82 Å². The molecule has 2 aromatic carbocycles. The molecule has 0 aliphatic carbocycles. The standard InChI is InChI=1S/C16H18FN/c1-12(2)14-5-9-16(10-6-14)18-11-13-3-7-15(17)8-4-13/h3-10,12,18H,11H2,1-2H3. The van der Waals surface area contributed by atoms with Gasteiger partial charge in [-0.15, -0.1) is 0 Å². The second-order valence-corrected chi connectivity index (χ2v) is 4.76. The van der Waals surface area contributed by atoms with Crippen molar-refractivity contribution in [1.82, 2.24) is 0 Å². The highest BCUT2D eigenvalue weighted by atomic mass is 19.1. The second kappa shape index (κ2) is 5.67. The van der Waals surface area contributed by atoms with E-state index < -0.39 is 0 Å². The lowest BCUT2D eigenvalue weighted by Gasteiger charge is -2.09. The molecule has 0 aliphatic rings. The van der Waals surface area contributed by atoms with Crippen molar-refractivity contribution in [2.24, 2.45) is 0 Å². The summed E-state index contributed by atoms with van der Waals surface area (Å²) in [5.74, 6) is 0.358. The van der Waals surface area contributed by atoms with E-state index >= 15 is 0 Å². The summed E-state index contributed by atoms with van der Waals surface area (Å²) in [7, 11) is 0. The Morgan fingerprint density at radius 3 is 2.11 bits per heavy atom. The van der Waals surface area contributed by atoms with Crippen LogP contribution in [-0.2, 0) is 6.54 Å². The maximum absolute atomic E-state index is 12.7. The number of hydrogen-bond acceptors (Lipinski definition) is 1. The number of halogens is 1. The highest BCUT2D eigenvalue weighted by molar-refractivity contribution is 5.45. The maximum atomic E-state index is 12.7. The van der Waals surface area contributed by atoms with Gasteiger partial charge < -0.3 is 5.32 Å². The van der Waals surface area contributed by atoms with E-state index in [1.807, 2.05) is 0 Å². The number of anilines is 1. The SMILES string of the molecule is CC(C)c1ccc(NCc2ccc(F)cc2)cc1. The molecule has 0 saturated carbocycles. The van der Waals surface area contributed by atoms with Gasteiger partial charge in [-0.1, -0.05) is 38.1 Å². The third kappa shape index (κ3) is 3.33. The van der Waals surface area contributed by atoms with Crippen molar-refractivity contribution in [2.45, 2.75) is 26.3 Å². The summed E-state index contributed by atoms with van der Waals surface area (Å²) in [6.07, 6.45) is 0. The minimum atomic E-state index is -0.194. The second-order valence-electron chi connectivity index (χ2n) is 4.76. The van der Waals surface area contributed by atoms with Gasteiger partial charge in [0.2, 0.25) is 0 Å². The molecule has 0 unspecified atom stereocenters. The van der Waals surface area contributed by atoms with Gasteiger partial charge in [-0.2, -0.15) is 0 Å². The highest BCUT2D eigenvalue weighted by Gasteiger charge is 1.99. The summed E-state index contributed by atoms with van der Waals surface area (Å²) in [4.78, 5) is 0. The normalized spacial score (nSPS) is 10.7. The van der Waals surface area contributed by atoms with Gasteiger partial charge in [-0.3, -0.25) is 0 Å². The monoisotopic (exact) mass is 243 g/mol. The molecule has 0 amide bonds. The molecule has 2 aromatic rings. The van der Waals surface area contributed by atoms with Crippen molar-refractivity contribution < 1.29 is 4.39 Å². The Hall–Kier alpha value is -1.83. The van der Waals surface area contributed by atoms with Crippen LogP contribution in [0.4, 0.5) is 10.1 Å². The van der Waals surface area contributed by atoms with Gasteiger partial charge in [-0.25, -0.2) is 4.39 Å². The van der Waals surface area contributed by atoms with Crippen LogP contribution in [0.3, 0.4) is 0 Å². The van der Waals surface area contributed by atoms with E-state index in [1.54, 1.807) is 12.1 Å². The molecular weight excluding hydrogens is 225 g/mol. The molecular formula is C16H18FN. The van der Waals surface area contributed by atoms with Crippen LogP contribution in [0.2, 0.25) is 0 Å². The minimum absolute atomic E-state index is 0.194. The van der Waals surface area contributed by atoms with Crippen LogP contribution >= 0.6 is 0 Å². The largest absolute Gasteiger partial charge is 0.381 e. The number of nitrogens with one attached hydrogen (secondary N) is 1. The average Bonchev–Trinajstić information content (AvgIpc) is 2.38. The van der Waals surface area contributed by atoms with Gasteiger partial charge in [-0.05, 0) is 41.3 Å². The molecule has 2 heteroatoms. The minimum Gasteiger partial charge on any atom is -0.381 e. The predicted octanol–water partition coefficient (Wildman–Crippen LogP) is 4.56. The van der Waals surface area contributed by atoms with E-state index in [2.05, 4.69) is 43.4 Å². The zero-order valence-corrected chi connectivity index (χ0v) is 10.8. The molecule has 0 fully saturated rings. The van der Waals surface area contributed by atoms with Crippen LogP contribution < -0.4 is 5.32 Å². The van der Waals surface area contributed by atoms with Crippen molar-refractivity contribution in [2.75, 3.05) is 5.32 Å². The summed E-state index contributed by atoms with van der Waals surface area (Å²) < 4.78 is 12.7. The van der Waals surface area contributed by atoms with Gasteiger partial charge in [0.15, 0.2) is 0 Å². The molecule has 0 aromatic heterocycles. The molecule has 18 heavy (non-hydrogen) atoms. The van der Waals surface area contributed by atoms with Gasteiger partial charge in [0, 0.05) is 12.2 Å². The lowest BCUT2D eigenvalue weighted by molar-refractivity contribution is 0.627. The van der Waals surface area contributed by atoms with Gasteiger partial charge in [0.1, 0.15) is 5.82 Å². The Balaban J connectivity index is 1.95. The summed E-state index contributed by atoms with van der Waals surface area (Å²) in [5.41, 5.74) is 3.50. The zero-order valence-electron chi connectivity index (χ0n) is 10.8. The molecule has 0 atom stereocenters. The summed E-state index contributed by atoms with van der Waals surface area (Å²) in [6.45, 7) is 5.07. The van der Waals surface area contributed by atoms with Crippen LogP contribution in [0.15, 0.2) is 48.5 Å². The van der Waals surface area contributed by atoms with Gasteiger partial charge in [0.05, 0.1) is 0 Å². The van der Waals surface area contributed by atoms with Crippen LogP contribution in [-0.4, -0.2) is 0 Å². The van der Waals surface area contributed by atoms with Crippen LogP contribution in [0, 0.1) is 5.82 Å². The molecule has 1 nitrogen and oxygen atoms in total. The topological polar surface area (TPSA) is 12.0 Å². The van der Waals surface area contributed by atoms with Crippen molar-refractivity contribution in [3.63, 3.8) is 0 Å². The molecule has 0 aliphatic heterocycles. The first-order chi connectivity index (χ1) is 8.65. The summed E-state index contributed by atoms with van der Waals surface area (Å²) in [6, 6.07) is 15.0. The van der Waals surface area contributed by atoms with E-state index in [9.17, 15) is 4.39 Å². The smallest absolute Gasteiger partial charge is 0.123 e. The molecule has 0 spiro atoms. The molecule has 0 heterocycles. The highest BCUT2D eigenvalue weighted by Crippen LogP contribution is 2.17. The van der Waals surface area contributed by atoms with E-state index in [0.717, 1.165) is 11.3 Å². The first kappa shape index (κ1) is 12.6. The Kier molecular flexibility index (Phi) is 3.98. The fourth-order valence-electron chi connectivity index (χ4n) is 1.79. The third-order valence-electron chi connectivity index (χ3n) is 2.99. The Bertz CT molecular complexity index is 486. The Morgan fingerprint density at radius 1 is 0.944 bits per heavy atom. The Morgan fingerprint density at radius 2 is 1.56 bits per heavy atom. The zero-order chi connectivity index (χ0) is 13.0. The van der Waals surface area contributed by atoms with Crippen molar-refractivity contribution in [1.29, 1.82) is 0 Å². The van der Waals surface area contributed by atoms with Crippen molar-refractivity contribution in [3.05, 3.63) is 65.5 Å². The molecule has 2 rings (SSSR count). The average molecular weight is 243 g/mol.